The van der Waals surface area contributed by atoms with Gasteiger partial charge >= 0.3 is 0 Å². The number of aryl methyl sites for hydroxylation is 1. The van der Waals surface area contributed by atoms with Crippen LogP contribution in [0.25, 0.3) is 0 Å². The monoisotopic (exact) mass is 418 g/mol. The molecule has 0 radical (unpaired) electrons. The van der Waals surface area contributed by atoms with Gasteiger partial charge in [-0.05, 0) is 44.1 Å². The number of ether oxygens (including phenoxy) is 1. The molecule has 1 aromatic carbocycles. The van der Waals surface area contributed by atoms with E-state index in [4.69, 9.17) is 4.74 Å². The second kappa shape index (κ2) is 9.24. The lowest BCUT2D eigenvalue weighted by Gasteiger charge is -2.18. The van der Waals surface area contributed by atoms with Crippen molar-refractivity contribution in [1.29, 1.82) is 0 Å². The third kappa shape index (κ3) is 5.46. The lowest BCUT2D eigenvalue weighted by atomic mass is 10.0. The van der Waals surface area contributed by atoms with E-state index in [0.29, 0.717) is 11.7 Å². The van der Waals surface area contributed by atoms with Gasteiger partial charge in [-0.25, -0.2) is 0 Å². The van der Waals surface area contributed by atoms with Crippen LogP contribution >= 0.6 is 23.1 Å². The van der Waals surface area contributed by atoms with Gasteiger partial charge in [0, 0.05) is 13.2 Å². The summed E-state index contributed by atoms with van der Waals surface area (Å²) in [4.78, 5) is 12.5. The second-order valence-electron chi connectivity index (χ2n) is 7.47. The molecule has 0 bridgehead atoms. The zero-order valence-electron chi connectivity index (χ0n) is 16.0. The first-order valence-electron chi connectivity index (χ1n) is 9.85. The van der Waals surface area contributed by atoms with Crippen molar-refractivity contribution < 1.29 is 9.53 Å². The van der Waals surface area contributed by atoms with Gasteiger partial charge in [-0.1, -0.05) is 52.9 Å². The Morgan fingerprint density at radius 2 is 2.11 bits per heavy atom. The Morgan fingerprint density at radius 1 is 1.29 bits per heavy atom. The number of rotatable bonds is 9. The summed E-state index contributed by atoms with van der Waals surface area (Å²) >= 11 is 2.93. The number of nitrogens with zero attached hydrogens (tertiary/aromatic N) is 2. The first-order valence-corrected chi connectivity index (χ1v) is 11.7. The maximum absolute atomic E-state index is 12.5. The van der Waals surface area contributed by atoms with Crippen LogP contribution in [0.2, 0.25) is 0 Å². The van der Waals surface area contributed by atoms with Crippen LogP contribution in [-0.2, 0) is 9.53 Å². The van der Waals surface area contributed by atoms with Crippen LogP contribution in [0, 0.1) is 12.8 Å². The Kier molecular flexibility index (Phi) is 6.49. The third-order valence-electron chi connectivity index (χ3n) is 5.08. The van der Waals surface area contributed by atoms with Gasteiger partial charge in [0.25, 0.3) is 0 Å². The lowest BCUT2D eigenvalue weighted by molar-refractivity contribution is -0.119. The molecule has 1 amide bonds. The Labute approximate surface area is 173 Å². The lowest BCUT2D eigenvalue weighted by Crippen LogP contribution is -2.31. The van der Waals surface area contributed by atoms with Crippen LogP contribution in [0.15, 0.2) is 28.6 Å². The SMILES string of the molecule is Cc1ccc(C(NC(=O)CSc2nnc(NCC3CCCO3)s2)C2CC2)cc1. The normalized spacial score (nSPS) is 20.1. The molecule has 150 valence electrons. The van der Waals surface area contributed by atoms with Gasteiger partial charge in [-0.2, -0.15) is 0 Å². The number of carbonyl (C=O) groups excluding carboxylic acids is 1. The van der Waals surface area contributed by atoms with Crippen LogP contribution in [0.1, 0.15) is 42.9 Å². The maximum Gasteiger partial charge on any atom is 0.230 e. The molecule has 1 saturated carbocycles. The standard InChI is InChI=1S/C20H26N4O2S2/c1-13-4-6-14(7-5-13)18(15-8-9-15)22-17(25)12-27-20-24-23-19(28-20)21-11-16-3-2-10-26-16/h4-7,15-16,18H,2-3,8-12H2,1H3,(H,21,23)(H,22,25). The largest absolute Gasteiger partial charge is 0.376 e. The zero-order valence-corrected chi connectivity index (χ0v) is 17.7. The van der Waals surface area contributed by atoms with E-state index in [1.54, 1.807) is 0 Å². The summed E-state index contributed by atoms with van der Waals surface area (Å²) in [5.41, 5.74) is 2.43. The van der Waals surface area contributed by atoms with Gasteiger partial charge in [0.1, 0.15) is 0 Å². The van der Waals surface area contributed by atoms with Crippen LogP contribution in [-0.4, -0.2) is 41.1 Å². The fourth-order valence-corrected chi connectivity index (χ4v) is 4.94. The summed E-state index contributed by atoms with van der Waals surface area (Å²) in [5.74, 6) is 0.966. The predicted octanol–water partition coefficient (Wildman–Crippen LogP) is 3.80. The van der Waals surface area contributed by atoms with E-state index in [-0.39, 0.29) is 18.1 Å². The van der Waals surface area contributed by atoms with Crippen molar-refractivity contribution >= 4 is 34.1 Å². The summed E-state index contributed by atoms with van der Waals surface area (Å²) in [6.45, 7) is 3.69. The molecule has 1 aliphatic heterocycles. The van der Waals surface area contributed by atoms with Gasteiger partial charge in [0.05, 0.1) is 17.9 Å². The smallest absolute Gasteiger partial charge is 0.230 e. The minimum Gasteiger partial charge on any atom is -0.376 e. The summed E-state index contributed by atoms with van der Waals surface area (Å²) < 4.78 is 6.41. The van der Waals surface area contributed by atoms with Crippen molar-refractivity contribution in [3.05, 3.63) is 35.4 Å². The number of aromatic nitrogens is 2. The highest BCUT2D eigenvalue weighted by Crippen LogP contribution is 2.41. The maximum atomic E-state index is 12.5. The molecule has 4 rings (SSSR count). The molecule has 2 fully saturated rings. The fraction of sp³-hybridized carbons (Fsp3) is 0.550. The Bertz CT molecular complexity index is 786. The fourth-order valence-electron chi connectivity index (χ4n) is 3.37. The average Bonchev–Trinajstić information content (AvgIpc) is 3.21. The molecule has 2 N–H and O–H groups in total. The van der Waals surface area contributed by atoms with Crippen LogP contribution in [0.5, 0.6) is 0 Å². The molecule has 2 heterocycles. The number of hydrogen-bond acceptors (Lipinski definition) is 7. The first-order chi connectivity index (χ1) is 13.7. The van der Waals surface area contributed by atoms with Crippen molar-refractivity contribution in [1.82, 2.24) is 15.5 Å². The number of amides is 1. The average molecular weight is 419 g/mol. The highest BCUT2D eigenvalue weighted by Gasteiger charge is 2.33. The van der Waals surface area contributed by atoms with Gasteiger partial charge in [0.2, 0.25) is 11.0 Å². The van der Waals surface area contributed by atoms with Crippen molar-refractivity contribution in [2.24, 2.45) is 5.92 Å². The summed E-state index contributed by atoms with van der Waals surface area (Å²) in [5, 5.41) is 15.6. The molecule has 1 saturated heterocycles. The van der Waals surface area contributed by atoms with Gasteiger partial charge < -0.3 is 15.4 Å². The molecule has 2 aromatic rings. The third-order valence-corrected chi connectivity index (χ3v) is 7.10. The zero-order chi connectivity index (χ0) is 19.3. The highest BCUT2D eigenvalue weighted by molar-refractivity contribution is 8.01. The second-order valence-corrected chi connectivity index (χ2v) is 9.67. The Hall–Kier alpha value is -1.64. The van der Waals surface area contributed by atoms with Gasteiger partial charge in [0.15, 0.2) is 4.34 Å². The Balaban J connectivity index is 1.25. The van der Waals surface area contributed by atoms with Crippen molar-refractivity contribution in [3.8, 4) is 0 Å². The first kappa shape index (κ1) is 19.7. The Morgan fingerprint density at radius 3 is 2.82 bits per heavy atom. The molecule has 6 nitrogen and oxygen atoms in total. The summed E-state index contributed by atoms with van der Waals surface area (Å²) in [6.07, 6.45) is 4.86. The molecule has 2 aliphatic rings. The molecular weight excluding hydrogens is 392 g/mol. The van der Waals surface area contributed by atoms with E-state index < -0.39 is 0 Å². The molecule has 28 heavy (non-hydrogen) atoms. The number of carbonyl (C=O) groups is 1. The van der Waals surface area contributed by atoms with Crippen molar-refractivity contribution in [2.75, 3.05) is 24.2 Å². The molecule has 1 aliphatic carbocycles. The van der Waals surface area contributed by atoms with E-state index >= 15 is 0 Å². The molecule has 1 aromatic heterocycles. The highest BCUT2D eigenvalue weighted by atomic mass is 32.2. The van der Waals surface area contributed by atoms with Crippen LogP contribution in [0.4, 0.5) is 5.13 Å². The van der Waals surface area contributed by atoms with Gasteiger partial charge in [-0.3, -0.25) is 4.79 Å². The minimum atomic E-state index is 0.0477. The molecular formula is C20H26N4O2S2. The van der Waals surface area contributed by atoms with E-state index in [0.717, 1.165) is 35.5 Å². The quantitative estimate of drug-likeness (QED) is 0.603. The summed E-state index contributed by atoms with van der Waals surface area (Å²) in [7, 11) is 0. The minimum absolute atomic E-state index is 0.0477. The topological polar surface area (TPSA) is 76.1 Å². The van der Waals surface area contributed by atoms with Crippen molar-refractivity contribution in [2.45, 2.75) is 49.1 Å². The van der Waals surface area contributed by atoms with E-state index in [1.165, 1.54) is 47.1 Å². The molecule has 2 unspecified atom stereocenters. The predicted molar refractivity (Wildman–Crippen MR) is 113 cm³/mol. The molecule has 0 spiro atoms. The molecule has 8 heteroatoms. The van der Waals surface area contributed by atoms with E-state index in [9.17, 15) is 4.79 Å². The number of nitrogens with one attached hydrogen (secondary N) is 2. The van der Waals surface area contributed by atoms with Crippen LogP contribution in [0.3, 0.4) is 0 Å². The number of hydrogen-bond donors (Lipinski definition) is 2. The van der Waals surface area contributed by atoms with E-state index in [2.05, 4.69) is 52.0 Å². The summed E-state index contributed by atoms with van der Waals surface area (Å²) in [6, 6.07) is 8.59. The van der Waals surface area contributed by atoms with Crippen molar-refractivity contribution in [3.63, 3.8) is 0 Å². The van der Waals surface area contributed by atoms with Gasteiger partial charge in [-0.15, -0.1) is 10.2 Å². The van der Waals surface area contributed by atoms with E-state index in [1.807, 2.05) is 0 Å². The molecule has 2 atom stereocenters. The van der Waals surface area contributed by atoms with Crippen LogP contribution < -0.4 is 10.6 Å². The number of benzene rings is 1. The number of anilines is 1. The number of thioether (sulfide) groups is 1.